The average molecular weight is 439 g/mol. The van der Waals surface area contributed by atoms with Crippen molar-refractivity contribution in [1.82, 2.24) is 5.32 Å². The molecule has 1 atom stereocenters. The smallest absolute Gasteiger partial charge is 0.173 e. The van der Waals surface area contributed by atoms with Gasteiger partial charge in [-0.25, -0.2) is 0 Å². The Morgan fingerprint density at radius 2 is 1.94 bits per heavy atom. The van der Waals surface area contributed by atoms with Crippen LogP contribution in [-0.4, -0.2) is 3.67 Å². The van der Waals surface area contributed by atoms with Crippen molar-refractivity contribution < 1.29 is 0 Å². The molecule has 0 aliphatic carbocycles. The summed E-state index contributed by atoms with van der Waals surface area (Å²) in [6, 6.07) is 10.0. The predicted molar refractivity (Wildman–Crippen MR) is 84.3 cm³/mol. The number of dihydropyridines is 1. The van der Waals surface area contributed by atoms with Crippen molar-refractivity contribution in [2.45, 2.75) is 3.67 Å². The number of benzene rings is 1. The summed E-state index contributed by atoms with van der Waals surface area (Å²) >= 11 is 4.44. The van der Waals surface area contributed by atoms with Crippen molar-refractivity contribution >= 4 is 50.9 Å². The average Bonchev–Trinajstić information content (AvgIpc) is 2.26. The van der Waals surface area contributed by atoms with Crippen molar-refractivity contribution in [3.05, 3.63) is 51.9 Å². The molecule has 5 heteroatoms. The van der Waals surface area contributed by atoms with Crippen molar-refractivity contribution in [3.63, 3.8) is 0 Å². The van der Waals surface area contributed by atoms with Gasteiger partial charge in [0.2, 0.25) is 0 Å². The zero-order chi connectivity index (χ0) is 11.6. The standard InChI is InChI=1S/C11H11I2N3/c12-10-9(6-7-15-11(10,13)14)16-8-4-2-1-3-5-8/h1-7,15-16H,14H2. The molecule has 1 aromatic rings. The first-order chi connectivity index (χ1) is 7.59. The first-order valence-corrected chi connectivity index (χ1v) is 6.90. The van der Waals surface area contributed by atoms with Crippen LogP contribution in [0.5, 0.6) is 0 Å². The van der Waals surface area contributed by atoms with Crippen LogP contribution in [-0.2, 0) is 0 Å². The van der Waals surface area contributed by atoms with Crippen LogP contribution in [0.2, 0.25) is 0 Å². The molecule has 84 valence electrons. The van der Waals surface area contributed by atoms with Gasteiger partial charge in [0.05, 0.1) is 9.28 Å². The molecule has 0 saturated carbocycles. The number of nitrogens with two attached hydrogens (primary N) is 1. The fraction of sp³-hybridized carbons (Fsp3) is 0.0909. The summed E-state index contributed by atoms with van der Waals surface area (Å²) in [5.41, 5.74) is 8.17. The molecule has 1 aliphatic rings. The van der Waals surface area contributed by atoms with Crippen LogP contribution in [0.4, 0.5) is 5.69 Å². The van der Waals surface area contributed by atoms with E-state index >= 15 is 0 Å². The molecule has 16 heavy (non-hydrogen) atoms. The first-order valence-electron chi connectivity index (χ1n) is 4.74. The molecule has 1 unspecified atom stereocenters. The summed E-state index contributed by atoms with van der Waals surface area (Å²) < 4.78 is 0.529. The lowest BCUT2D eigenvalue weighted by Crippen LogP contribution is -2.47. The Hall–Kier alpha value is -0.280. The Kier molecular flexibility index (Phi) is 3.75. The van der Waals surface area contributed by atoms with Crippen LogP contribution < -0.4 is 16.4 Å². The Morgan fingerprint density at radius 1 is 1.25 bits per heavy atom. The third-order valence-corrected chi connectivity index (χ3v) is 5.47. The largest absolute Gasteiger partial charge is 0.361 e. The summed E-state index contributed by atoms with van der Waals surface area (Å²) in [5, 5.41) is 6.45. The number of halogens is 2. The Balaban J connectivity index is 2.25. The van der Waals surface area contributed by atoms with Gasteiger partial charge in [-0.15, -0.1) is 0 Å². The van der Waals surface area contributed by atoms with E-state index in [1.54, 1.807) is 0 Å². The summed E-state index contributed by atoms with van der Waals surface area (Å²) in [7, 11) is 0. The maximum Gasteiger partial charge on any atom is 0.173 e. The zero-order valence-electron chi connectivity index (χ0n) is 8.37. The summed E-state index contributed by atoms with van der Waals surface area (Å²) in [6.07, 6.45) is 3.85. The van der Waals surface area contributed by atoms with Gasteiger partial charge in [0.15, 0.2) is 3.67 Å². The second-order valence-corrected chi connectivity index (χ2v) is 6.19. The second kappa shape index (κ2) is 4.92. The monoisotopic (exact) mass is 439 g/mol. The van der Waals surface area contributed by atoms with Gasteiger partial charge in [0.1, 0.15) is 0 Å². The minimum Gasteiger partial charge on any atom is -0.361 e. The van der Waals surface area contributed by atoms with Gasteiger partial charge in [-0.1, -0.05) is 18.2 Å². The molecule has 0 aromatic heterocycles. The van der Waals surface area contributed by atoms with E-state index in [0.29, 0.717) is 0 Å². The SMILES string of the molecule is NC1(I)NC=CC(Nc2ccccc2)=C1I. The highest BCUT2D eigenvalue weighted by Crippen LogP contribution is 2.31. The normalized spacial score (nSPS) is 24.2. The third-order valence-electron chi connectivity index (χ3n) is 2.15. The summed E-state index contributed by atoms with van der Waals surface area (Å²) in [4.78, 5) is 0. The van der Waals surface area contributed by atoms with Crippen LogP contribution >= 0.6 is 45.2 Å². The van der Waals surface area contributed by atoms with E-state index < -0.39 is 3.67 Å². The van der Waals surface area contributed by atoms with E-state index in [-0.39, 0.29) is 0 Å². The lowest BCUT2D eigenvalue weighted by atomic mass is 10.2. The molecule has 4 N–H and O–H groups in total. The highest BCUT2D eigenvalue weighted by molar-refractivity contribution is 14.1. The lowest BCUT2D eigenvalue weighted by molar-refractivity contribution is 0.689. The molecule has 0 spiro atoms. The van der Waals surface area contributed by atoms with Crippen molar-refractivity contribution in [1.29, 1.82) is 0 Å². The fourth-order valence-electron chi connectivity index (χ4n) is 1.35. The van der Waals surface area contributed by atoms with Crippen LogP contribution in [0.25, 0.3) is 0 Å². The minimum absolute atomic E-state index is 0.524. The van der Waals surface area contributed by atoms with E-state index in [2.05, 4.69) is 55.8 Å². The lowest BCUT2D eigenvalue weighted by Gasteiger charge is -2.28. The van der Waals surface area contributed by atoms with Crippen molar-refractivity contribution in [3.8, 4) is 0 Å². The van der Waals surface area contributed by atoms with Gasteiger partial charge in [-0.3, -0.25) is 5.73 Å². The van der Waals surface area contributed by atoms with E-state index in [1.807, 2.05) is 42.6 Å². The molecule has 0 radical (unpaired) electrons. The van der Waals surface area contributed by atoms with Crippen LogP contribution in [0, 0.1) is 0 Å². The van der Waals surface area contributed by atoms with Gasteiger partial charge >= 0.3 is 0 Å². The molecule has 1 aliphatic heterocycles. The van der Waals surface area contributed by atoms with Gasteiger partial charge in [0, 0.05) is 11.9 Å². The highest BCUT2D eigenvalue weighted by Gasteiger charge is 2.27. The number of anilines is 1. The summed E-state index contributed by atoms with van der Waals surface area (Å²) in [5.74, 6) is 0. The fourth-order valence-corrected chi connectivity index (χ4v) is 2.29. The molecule has 1 aromatic carbocycles. The molecule has 0 bridgehead atoms. The Labute approximate surface area is 122 Å². The van der Waals surface area contributed by atoms with Crippen molar-refractivity contribution in [2.24, 2.45) is 5.73 Å². The number of nitrogens with one attached hydrogen (secondary N) is 2. The summed E-state index contributed by atoms with van der Waals surface area (Å²) in [6.45, 7) is 0. The minimum atomic E-state index is -0.524. The Morgan fingerprint density at radius 3 is 2.62 bits per heavy atom. The van der Waals surface area contributed by atoms with E-state index in [4.69, 9.17) is 5.73 Å². The van der Waals surface area contributed by atoms with Crippen molar-refractivity contribution in [2.75, 3.05) is 5.32 Å². The number of hydrogen-bond donors (Lipinski definition) is 3. The molecular weight excluding hydrogens is 428 g/mol. The number of alkyl halides is 1. The van der Waals surface area contributed by atoms with Gasteiger partial charge in [-0.2, -0.15) is 0 Å². The van der Waals surface area contributed by atoms with Gasteiger partial charge < -0.3 is 10.6 Å². The quantitative estimate of drug-likeness (QED) is 0.378. The second-order valence-electron chi connectivity index (χ2n) is 3.41. The molecule has 0 fully saturated rings. The zero-order valence-corrected chi connectivity index (χ0v) is 12.7. The predicted octanol–water partition coefficient (Wildman–Crippen LogP) is 2.91. The van der Waals surface area contributed by atoms with E-state index in [1.165, 1.54) is 0 Å². The molecule has 0 amide bonds. The molecule has 1 heterocycles. The molecular formula is C11H11I2N3. The topological polar surface area (TPSA) is 50.1 Å². The molecule has 0 saturated heterocycles. The Bertz CT molecular complexity index is 438. The molecule has 2 rings (SSSR count). The number of para-hydroxylation sites is 1. The first kappa shape index (κ1) is 12.2. The number of rotatable bonds is 2. The molecule has 3 nitrogen and oxygen atoms in total. The van der Waals surface area contributed by atoms with Crippen LogP contribution in [0.15, 0.2) is 51.9 Å². The van der Waals surface area contributed by atoms with E-state index in [9.17, 15) is 0 Å². The number of allylic oxidation sites excluding steroid dienone is 1. The van der Waals surface area contributed by atoms with Crippen LogP contribution in [0.1, 0.15) is 0 Å². The maximum atomic E-state index is 6.08. The number of hydrogen-bond acceptors (Lipinski definition) is 3. The third kappa shape index (κ3) is 2.69. The van der Waals surface area contributed by atoms with Crippen LogP contribution in [0.3, 0.4) is 0 Å². The van der Waals surface area contributed by atoms with E-state index in [0.717, 1.165) is 15.0 Å². The highest BCUT2D eigenvalue weighted by atomic mass is 127. The van der Waals surface area contributed by atoms with Gasteiger partial charge in [0.25, 0.3) is 0 Å². The van der Waals surface area contributed by atoms with Gasteiger partial charge in [-0.05, 0) is 63.4 Å². The maximum absolute atomic E-state index is 6.08.